The monoisotopic (exact) mass is 323 g/mol. The average molecular weight is 324 g/mol. The summed E-state index contributed by atoms with van der Waals surface area (Å²) < 4.78 is 0.937. The van der Waals surface area contributed by atoms with Crippen LogP contribution in [0.5, 0.6) is 0 Å². The molecule has 2 aliphatic rings. The van der Waals surface area contributed by atoms with Crippen molar-refractivity contribution in [3.8, 4) is 0 Å². The van der Waals surface area contributed by atoms with Gasteiger partial charge in [0.05, 0.1) is 18.3 Å². The van der Waals surface area contributed by atoms with Crippen LogP contribution in [0.15, 0.2) is 22.8 Å². The van der Waals surface area contributed by atoms with Crippen LogP contribution >= 0.6 is 15.9 Å². The first-order valence-corrected chi connectivity index (χ1v) is 7.61. The maximum Gasteiger partial charge on any atom is 0.238 e. The van der Waals surface area contributed by atoms with Gasteiger partial charge in [0, 0.05) is 22.6 Å². The summed E-state index contributed by atoms with van der Waals surface area (Å²) in [7, 11) is 0. The third-order valence-corrected chi connectivity index (χ3v) is 5.12. The largest absolute Gasteiger partial charge is 0.349 e. The summed E-state index contributed by atoms with van der Waals surface area (Å²) in [5.41, 5.74) is 1.11. The van der Waals surface area contributed by atoms with Gasteiger partial charge in [-0.05, 0) is 40.9 Å². The number of hydrogen-bond acceptors (Lipinski definition) is 3. The maximum absolute atomic E-state index is 12.3. The zero-order valence-electron chi connectivity index (χ0n) is 10.8. The lowest BCUT2D eigenvalue weighted by Crippen LogP contribution is -2.67. The normalized spacial score (nSPS) is 24.2. The summed E-state index contributed by atoms with van der Waals surface area (Å²) in [6.07, 6.45) is 6.64. The van der Waals surface area contributed by atoms with E-state index < -0.39 is 0 Å². The molecule has 5 heteroatoms. The summed E-state index contributed by atoms with van der Waals surface area (Å²) in [4.78, 5) is 16.5. The van der Waals surface area contributed by atoms with E-state index in [2.05, 4.69) is 31.5 Å². The van der Waals surface area contributed by atoms with Crippen molar-refractivity contribution in [1.29, 1.82) is 0 Å². The smallest absolute Gasteiger partial charge is 0.238 e. The van der Waals surface area contributed by atoms with Crippen molar-refractivity contribution in [3.05, 3.63) is 28.5 Å². The molecular weight excluding hydrogens is 306 g/mol. The van der Waals surface area contributed by atoms with Crippen molar-refractivity contribution in [2.45, 2.75) is 38.3 Å². The van der Waals surface area contributed by atoms with Crippen molar-refractivity contribution >= 4 is 21.8 Å². The highest BCUT2D eigenvalue weighted by atomic mass is 79.9. The highest BCUT2D eigenvalue weighted by Crippen LogP contribution is 2.45. The quantitative estimate of drug-likeness (QED) is 0.894. The van der Waals surface area contributed by atoms with Crippen molar-refractivity contribution in [2.24, 2.45) is 5.41 Å². The number of nitrogens with one attached hydrogen (secondary N) is 2. The van der Waals surface area contributed by atoms with Gasteiger partial charge in [-0.15, -0.1) is 0 Å². The van der Waals surface area contributed by atoms with Crippen LogP contribution in [-0.4, -0.2) is 23.5 Å². The number of rotatable bonds is 3. The molecule has 1 saturated heterocycles. The van der Waals surface area contributed by atoms with E-state index in [4.69, 9.17) is 0 Å². The number of aromatic nitrogens is 1. The molecule has 0 aromatic carbocycles. The molecule has 0 bridgehead atoms. The lowest BCUT2D eigenvalue weighted by atomic mass is 9.71. The standard InChI is InChI=1S/C14H18BrN3O/c15-10-4-3-7-16-11(10)8-17-13(19)12-14(9-18-12)5-1-2-6-14/h3-4,7,12,18H,1-2,5-6,8-9H2,(H,17,19). The minimum absolute atomic E-state index is 0.00233. The lowest BCUT2D eigenvalue weighted by molar-refractivity contribution is -0.130. The van der Waals surface area contributed by atoms with Crippen LogP contribution in [0.4, 0.5) is 0 Å². The predicted molar refractivity (Wildman–Crippen MR) is 76.5 cm³/mol. The second-order valence-corrected chi connectivity index (χ2v) is 6.39. The zero-order chi connectivity index (χ0) is 13.3. The number of hydrogen-bond donors (Lipinski definition) is 2. The van der Waals surface area contributed by atoms with E-state index in [0.717, 1.165) is 16.7 Å². The molecular formula is C14H18BrN3O. The van der Waals surface area contributed by atoms with Gasteiger partial charge in [0.25, 0.3) is 0 Å². The number of halogens is 1. The molecule has 4 nitrogen and oxygen atoms in total. The maximum atomic E-state index is 12.3. The van der Waals surface area contributed by atoms with Crippen LogP contribution in [0.1, 0.15) is 31.4 Å². The zero-order valence-corrected chi connectivity index (χ0v) is 12.4. The van der Waals surface area contributed by atoms with E-state index >= 15 is 0 Å². The van der Waals surface area contributed by atoms with Crippen LogP contribution in [0.2, 0.25) is 0 Å². The van der Waals surface area contributed by atoms with Crippen LogP contribution in [-0.2, 0) is 11.3 Å². The summed E-state index contributed by atoms with van der Waals surface area (Å²) >= 11 is 3.44. The van der Waals surface area contributed by atoms with Gasteiger partial charge in [-0.3, -0.25) is 9.78 Å². The van der Waals surface area contributed by atoms with Crippen molar-refractivity contribution in [1.82, 2.24) is 15.6 Å². The minimum Gasteiger partial charge on any atom is -0.349 e. The molecule has 1 saturated carbocycles. The van der Waals surface area contributed by atoms with Gasteiger partial charge in [0.15, 0.2) is 0 Å². The molecule has 1 atom stereocenters. The van der Waals surface area contributed by atoms with E-state index in [1.807, 2.05) is 12.1 Å². The fourth-order valence-electron chi connectivity index (χ4n) is 3.23. The van der Waals surface area contributed by atoms with Gasteiger partial charge >= 0.3 is 0 Å². The fourth-order valence-corrected chi connectivity index (χ4v) is 3.62. The predicted octanol–water partition coefficient (Wildman–Crippen LogP) is 1.99. The topological polar surface area (TPSA) is 54.0 Å². The van der Waals surface area contributed by atoms with Gasteiger partial charge in [-0.1, -0.05) is 12.8 Å². The van der Waals surface area contributed by atoms with E-state index in [0.29, 0.717) is 6.54 Å². The number of carbonyl (C=O) groups is 1. The molecule has 1 spiro atoms. The Balaban J connectivity index is 1.59. The Hall–Kier alpha value is -0.940. The first kappa shape index (κ1) is 13.1. The van der Waals surface area contributed by atoms with Crippen molar-refractivity contribution in [2.75, 3.05) is 6.54 Å². The Bertz CT molecular complexity index is 485. The Morgan fingerprint density at radius 2 is 2.32 bits per heavy atom. The SMILES string of the molecule is O=C(NCc1ncccc1Br)C1NCC12CCCC2. The highest BCUT2D eigenvalue weighted by Gasteiger charge is 2.51. The second-order valence-electron chi connectivity index (χ2n) is 5.53. The molecule has 1 aromatic heterocycles. The summed E-state index contributed by atoms with van der Waals surface area (Å²) in [5.74, 6) is 0.116. The molecule has 1 aliphatic heterocycles. The number of carbonyl (C=O) groups excluding carboxylic acids is 1. The summed E-state index contributed by atoms with van der Waals surface area (Å²) in [6, 6.07) is 3.81. The summed E-state index contributed by atoms with van der Waals surface area (Å²) in [5, 5.41) is 6.28. The number of amides is 1. The van der Waals surface area contributed by atoms with E-state index in [9.17, 15) is 4.79 Å². The Labute approximate surface area is 121 Å². The third-order valence-electron chi connectivity index (χ3n) is 4.40. The van der Waals surface area contributed by atoms with Crippen molar-refractivity contribution < 1.29 is 4.79 Å². The van der Waals surface area contributed by atoms with Crippen LogP contribution in [0.25, 0.3) is 0 Å². The van der Waals surface area contributed by atoms with E-state index in [1.54, 1.807) is 6.20 Å². The molecule has 2 N–H and O–H groups in total. The molecule has 102 valence electrons. The Kier molecular flexibility index (Phi) is 3.58. The third kappa shape index (κ3) is 2.41. The summed E-state index contributed by atoms with van der Waals surface area (Å²) in [6.45, 7) is 1.48. The fraction of sp³-hybridized carbons (Fsp3) is 0.571. The van der Waals surface area contributed by atoms with Gasteiger partial charge in [-0.25, -0.2) is 0 Å². The minimum atomic E-state index is -0.00233. The molecule has 1 aliphatic carbocycles. The first-order chi connectivity index (χ1) is 9.21. The number of pyridine rings is 1. The molecule has 1 aromatic rings. The Morgan fingerprint density at radius 3 is 2.95 bits per heavy atom. The van der Waals surface area contributed by atoms with E-state index in [1.165, 1.54) is 25.7 Å². The molecule has 3 rings (SSSR count). The number of nitrogens with zero attached hydrogens (tertiary/aromatic N) is 1. The van der Waals surface area contributed by atoms with Gasteiger partial charge in [-0.2, -0.15) is 0 Å². The van der Waals surface area contributed by atoms with Crippen molar-refractivity contribution in [3.63, 3.8) is 0 Å². The molecule has 0 radical (unpaired) electrons. The molecule has 1 amide bonds. The van der Waals surface area contributed by atoms with Gasteiger partial charge in [0.2, 0.25) is 5.91 Å². The van der Waals surface area contributed by atoms with Gasteiger partial charge in [0.1, 0.15) is 0 Å². The second kappa shape index (κ2) is 5.21. The van der Waals surface area contributed by atoms with Crippen LogP contribution in [0, 0.1) is 5.41 Å². The molecule has 2 fully saturated rings. The molecule has 1 unspecified atom stereocenters. The van der Waals surface area contributed by atoms with E-state index in [-0.39, 0.29) is 17.4 Å². The van der Waals surface area contributed by atoms with Crippen LogP contribution < -0.4 is 10.6 Å². The Morgan fingerprint density at radius 1 is 1.53 bits per heavy atom. The van der Waals surface area contributed by atoms with Crippen LogP contribution in [0.3, 0.4) is 0 Å². The first-order valence-electron chi connectivity index (χ1n) is 6.82. The molecule has 19 heavy (non-hydrogen) atoms. The average Bonchev–Trinajstić information content (AvgIpc) is 2.88. The highest BCUT2D eigenvalue weighted by molar-refractivity contribution is 9.10. The molecule has 2 heterocycles. The van der Waals surface area contributed by atoms with Gasteiger partial charge < -0.3 is 10.6 Å². The lowest BCUT2D eigenvalue weighted by Gasteiger charge is -2.47.